The predicted octanol–water partition coefficient (Wildman–Crippen LogP) is 2.51. The van der Waals surface area contributed by atoms with Crippen molar-refractivity contribution < 1.29 is 9.53 Å². The lowest BCUT2D eigenvalue weighted by Gasteiger charge is -2.17. The van der Waals surface area contributed by atoms with Gasteiger partial charge in [0, 0.05) is 11.6 Å². The predicted molar refractivity (Wildman–Crippen MR) is 85.3 cm³/mol. The van der Waals surface area contributed by atoms with Crippen molar-refractivity contribution in [2.24, 2.45) is 11.7 Å². The van der Waals surface area contributed by atoms with Crippen LogP contribution in [0.1, 0.15) is 26.3 Å². The average molecular weight is 315 g/mol. The van der Waals surface area contributed by atoms with Crippen molar-refractivity contribution in [1.29, 1.82) is 0 Å². The van der Waals surface area contributed by atoms with Crippen LogP contribution in [0.4, 0.5) is 0 Å². The van der Waals surface area contributed by atoms with Crippen LogP contribution < -0.4 is 15.8 Å². The van der Waals surface area contributed by atoms with Gasteiger partial charge in [-0.05, 0) is 31.0 Å². The Labute approximate surface area is 129 Å². The second-order valence-electron chi connectivity index (χ2n) is 4.90. The van der Waals surface area contributed by atoms with Gasteiger partial charge in [-0.15, -0.1) is 0 Å². The van der Waals surface area contributed by atoms with E-state index >= 15 is 0 Å². The Morgan fingerprint density at radius 2 is 2.10 bits per heavy atom. The van der Waals surface area contributed by atoms with Gasteiger partial charge >= 0.3 is 0 Å². The molecule has 1 aromatic rings. The van der Waals surface area contributed by atoms with Crippen LogP contribution in [0.25, 0.3) is 0 Å². The number of nitrogens with one attached hydrogen (secondary N) is 1. The molecule has 4 nitrogen and oxygen atoms in total. The molecule has 0 aromatic heterocycles. The Kier molecular flexibility index (Phi) is 6.23. The Bertz CT molecular complexity index is 506. The lowest BCUT2D eigenvalue weighted by atomic mass is 10.2. The molecule has 110 valence electrons. The normalized spacial score (nSPS) is 12.1. The fraction of sp³-hybridized carbons (Fsp3) is 0.429. The van der Waals surface area contributed by atoms with Crippen molar-refractivity contribution in [2.45, 2.75) is 26.9 Å². The summed E-state index contributed by atoms with van der Waals surface area (Å²) in [4.78, 5) is 12.1. The molecular weight excluding hydrogens is 296 g/mol. The van der Waals surface area contributed by atoms with Crippen LogP contribution in [0.5, 0.6) is 5.75 Å². The molecule has 0 spiro atoms. The highest BCUT2D eigenvalue weighted by Crippen LogP contribution is 2.24. The van der Waals surface area contributed by atoms with E-state index in [1.807, 2.05) is 13.8 Å². The van der Waals surface area contributed by atoms with Crippen LogP contribution in [0.15, 0.2) is 18.2 Å². The van der Waals surface area contributed by atoms with Gasteiger partial charge in [0.2, 0.25) is 0 Å². The van der Waals surface area contributed by atoms with Crippen molar-refractivity contribution in [1.82, 2.24) is 5.32 Å². The summed E-state index contributed by atoms with van der Waals surface area (Å²) in [7, 11) is 0. The number of nitrogens with two attached hydrogens (primary N) is 1. The standard InChI is InChI=1S/C14H19ClN2O2S/c1-8(2)7-17-14(18)9(3)19-12-6-10(15)4-5-11(12)13(16)20/h4-6,8-9H,7H2,1-3H3,(H2,16,20)(H,17,18). The fourth-order valence-corrected chi connectivity index (χ4v) is 1.82. The van der Waals surface area contributed by atoms with E-state index in [1.165, 1.54) is 0 Å². The molecule has 1 unspecified atom stereocenters. The molecule has 0 fully saturated rings. The molecule has 0 aliphatic carbocycles. The molecule has 1 atom stereocenters. The summed E-state index contributed by atoms with van der Waals surface area (Å²) < 4.78 is 5.62. The minimum Gasteiger partial charge on any atom is -0.480 e. The van der Waals surface area contributed by atoms with Gasteiger partial charge in [-0.3, -0.25) is 4.79 Å². The molecule has 20 heavy (non-hydrogen) atoms. The van der Waals surface area contributed by atoms with Crippen molar-refractivity contribution in [2.75, 3.05) is 6.54 Å². The average Bonchev–Trinajstić information content (AvgIpc) is 2.35. The van der Waals surface area contributed by atoms with Gasteiger partial charge in [-0.25, -0.2) is 0 Å². The lowest BCUT2D eigenvalue weighted by Crippen LogP contribution is -2.38. The number of amides is 1. The molecule has 0 aliphatic heterocycles. The first-order chi connectivity index (χ1) is 9.31. The summed E-state index contributed by atoms with van der Waals surface area (Å²) in [6.07, 6.45) is -0.652. The van der Waals surface area contributed by atoms with Gasteiger partial charge in [0.25, 0.3) is 5.91 Å². The van der Waals surface area contributed by atoms with E-state index in [1.54, 1.807) is 25.1 Å². The number of halogens is 1. The number of benzene rings is 1. The molecule has 3 N–H and O–H groups in total. The van der Waals surface area contributed by atoms with Crippen LogP contribution in [0.3, 0.4) is 0 Å². The highest BCUT2D eigenvalue weighted by molar-refractivity contribution is 7.80. The summed E-state index contributed by atoms with van der Waals surface area (Å²) in [6.45, 7) is 6.31. The summed E-state index contributed by atoms with van der Waals surface area (Å²) >= 11 is 10.9. The van der Waals surface area contributed by atoms with Crippen LogP contribution >= 0.6 is 23.8 Å². The van der Waals surface area contributed by atoms with Gasteiger partial charge in [0.05, 0.1) is 5.56 Å². The molecular formula is C14H19ClN2O2S. The maximum atomic E-state index is 11.9. The largest absolute Gasteiger partial charge is 0.480 e. The van der Waals surface area contributed by atoms with Crippen molar-refractivity contribution in [3.05, 3.63) is 28.8 Å². The Balaban J connectivity index is 2.79. The smallest absolute Gasteiger partial charge is 0.260 e. The summed E-state index contributed by atoms with van der Waals surface area (Å²) in [5.41, 5.74) is 6.19. The quantitative estimate of drug-likeness (QED) is 0.792. The van der Waals surface area contributed by atoms with Gasteiger partial charge in [0.1, 0.15) is 10.7 Å². The SMILES string of the molecule is CC(C)CNC(=O)C(C)Oc1cc(Cl)ccc1C(N)=S. The van der Waals surface area contributed by atoms with Crippen molar-refractivity contribution in [3.8, 4) is 5.75 Å². The third-order valence-corrected chi connectivity index (χ3v) is 3.02. The van der Waals surface area contributed by atoms with E-state index in [0.29, 0.717) is 28.8 Å². The summed E-state index contributed by atoms with van der Waals surface area (Å²) in [6, 6.07) is 4.95. The Morgan fingerprint density at radius 1 is 1.45 bits per heavy atom. The number of ether oxygens (including phenoxy) is 1. The van der Waals surface area contributed by atoms with E-state index in [2.05, 4.69) is 5.32 Å². The summed E-state index contributed by atoms with van der Waals surface area (Å²) in [5, 5.41) is 3.30. The number of rotatable bonds is 6. The topological polar surface area (TPSA) is 64.3 Å². The van der Waals surface area contributed by atoms with E-state index in [-0.39, 0.29) is 10.9 Å². The van der Waals surface area contributed by atoms with Crippen LogP contribution in [-0.2, 0) is 4.79 Å². The van der Waals surface area contributed by atoms with Crippen LogP contribution in [0, 0.1) is 5.92 Å². The molecule has 0 bridgehead atoms. The molecule has 0 saturated carbocycles. The highest BCUT2D eigenvalue weighted by atomic mass is 35.5. The van der Waals surface area contributed by atoms with E-state index in [9.17, 15) is 4.79 Å². The molecule has 0 saturated heterocycles. The van der Waals surface area contributed by atoms with E-state index in [0.717, 1.165) is 0 Å². The van der Waals surface area contributed by atoms with Gasteiger partial charge in [0.15, 0.2) is 6.10 Å². The fourth-order valence-electron chi connectivity index (χ4n) is 1.49. The maximum absolute atomic E-state index is 11.9. The van der Waals surface area contributed by atoms with Gasteiger partial charge in [-0.1, -0.05) is 37.7 Å². The van der Waals surface area contributed by atoms with E-state index < -0.39 is 6.10 Å². The zero-order valence-corrected chi connectivity index (χ0v) is 13.3. The lowest BCUT2D eigenvalue weighted by molar-refractivity contribution is -0.127. The van der Waals surface area contributed by atoms with Crippen molar-refractivity contribution in [3.63, 3.8) is 0 Å². The Morgan fingerprint density at radius 3 is 2.65 bits per heavy atom. The monoisotopic (exact) mass is 314 g/mol. The minimum absolute atomic E-state index is 0.187. The molecule has 1 rings (SSSR count). The molecule has 0 aliphatic rings. The number of carbonyl (C=O) groups is 1. The second-order valence-corrected chi connectivity index (χ2v) is 5.78. The number of thiocarbonyl (C=S) groups is 1. The van der Waals surface area contributed by atoms with Crippen LogP contribution in [0.2, 0.25) is 5.02 Å². The molecule has 0 radical (unpaired) electrons. The minimum atomic E-state index is -0.652. The third kappa shape index (κ3) is 4.98. The van der Waals surface area contributed by atoms with Crippen molar-refractivity contribution >= 4 is 34.7 Å². The maximum Gasteiger partial charge on any atom is 0.260 e. The van der Waals surface area contributed by atoms with Gasteiger partial charge in [-0.2, -0.15) is 0 Å². The molecule has 0 heterocycles. The number of hydrogen-bond donors (Lipinski definition) is 2. The third-order valence-electron chi connectivity index (χ3n) is 2.57. The van der Waals surface area contributed by atoms with E-state index in [4.69, 9.17) is 34.3 Å². The first kappa shape index (κ1) is 16.7. The van der Waals surface area contributed by atoms with Crippen LogP contribution in [-0.4, -0.2) is 23.5 Å². The molecule has 1 aromatic carbocycles. The molecule has 6 heteroatoms. The first-order valence-electron chi connectivity index (χ1n) is 6.35. The second kappa shape index (κ2) is 7.45. The first-order valence-corrected chi connectivity index (χ1v) is 7.13. The molecule has 1 amide bonds. The highest BCUT2D eigenvalue weighted by Gasteiger charge is 2.17. The zero-order chi connectivity index (χ0) is 15.3. The number of hydrogen-bond acceptors (Lipinski definition) is 3. The summed E-state index contributed by atoms with van der Waals surface area (Å²) in [5.74, 6) is 0.606. The Hall–Kier alpha value is -1.33. The van der Waals surface area contributed by atoms with Gasteiger partial charge < -0.3 is 15.8 Å². The number of carbonyl (C=O) groups excluding carboxylic acids is 1. The zero-order valence-electron chi connectivity index (χ0n) is 11.8.